The number of hydrogen-bond donors (Lipinski definition) is 0. The summed E-state index contributed by atoms with van der Waals surface area (Å²) in [6, 6.07) is 27.4. The SMILES string of the molecule is O=CN1CCC[C@@H]1c1ncc(-c2ccc(-c3ccc(-c4cnc([C@H]5CCCN5C(=O)Cc5ccccc5)s4)cc3)cc2)s1. The van der Waals surface area contributed by atoms with Gasteiger partial charge >= 0.3 is 0 Å². The van der Waals surface area contributed by atoms with Gasteiger partial charge in [-0.05, 0) is 53.5 Å². The molecule has 0 aliphatic carbocycles. The molecule has 0 radical (unpaired) electrons. The van der Waals surface area contributed by atoms with Gasteiger partial charge in [0.1, 0.15) is 10.0 Å². The molecule has 0 N–H and O–H groups in total. The lowest BCUT2D eigenvalue weighted by Crippen LogP contribution is -2.31. The molecule has 0 unspecified atom stereocenters. The Labute approximate surface area is 259 Å². The number of amides is 2. The summed E-state index contributed by atoms with van der Waals surface area (Å²) >= 11 is 3.37. The molecule has 5 aromatic rings. The standard InChI is InChI=1S/C35H32N4O2S2/c40-23-38-18-4-8-29(38)34-36-21-31(42-34)27-14-10-25(11-15-27)26-12-16-28(17-13-26)32-22-37-35(43-32)30-9-5-19-39(30)33(41)20-24-6-2-1-3-7-24/h1-3,6-7,10-17,21-23,29-30H,4-5,8-9,18-20H2/t29-,30-/m1/s1. The minimum absolute atomic E-state index is 0.0597. The lowest BCUT2D eigenvalue weighted by Gasteiger charge is -2.23. The molecule has 2 aromatic heterocycles. The largest absolute Gasteiger partial charge is 0.336 e. The van der Waals surface area contributed by atoms with E-state index < -0.39 is 0 Å². The summed E-state index contributed by atoms with van der Waals surface area (Å²) < 4.78 is 0. The second-order valence-corrected chi connectivity index (χ2v) is 13.3. The van der Waals surface area contributed by atoms with Crippen molar-refractivity contribution in [3.05, 3.63) is 107 Å². The predicted molar refractivity (Wildman–Crippen MR) is 173 cm³/mol. The van der Waals surface area contributed by atoms with Crippen LogP contribution in [0.2, 0.25) is 0 Å². The Morgan fingerprint density at radius 3 is 1.86 bits per heavy atom. The summed E-state index contributed by atoms with van der Waals surface area (Å²) in [4.78, 5) is 40.0. The van der Waals surface area contributed by atoms with Gasteiger partial charge in [0, 0.05) is 25.5 Å². The molecule has 8 heteroatoms. The van der Waals surface area contributed by atoms with Crippen LogP contribution in [0, 0.1) is 0 Å². The highest BCUT2D eigenvalue weighted by atomic mass is 32.1. The molecule has 0 bridgehead atoms. The molecule has 2 saturated heterocycles. The van der Waals surface area contributed by atoms with Crippen molar-refractivity contribution < 1.29 is 9.59 Å². The van der Waals surface area contributed by atoms with E-state index in [-0.39, 0.29) is 18.0 Å². The number of thiazole rings is 2. The van der Waals surface area contributed by atoms with Crippen molar-refractivity contribution in [2.45, 2.75) is 44.2 Å². The molecule has 43 heavy (non-hydrogen) atoms. The molecule has 216 valence electrons. The average molecular weight is 605 g/mol. The van der Waals surface area contributed by atoms with Gasteiger partial charge in [-0.3, -0.25) is 9.59 Å². The van der Waals surface area contributed by atoms with Crippen LogP contribution in [0.3, 0.4) is 0 Å². The normalized spacial score (nSPS) is 18.3. The zero-order chi connectivity index (χ0) is 29.2. The Hall–Kier alpha value is -4.14. The van der Waals surface area contributed by atoms with Crippen LogP contribution in [0.25, 0.3) is 32.0 Å². The van der Waals surface area contributed by atoms with Gasteiger partial charge < -0.3 is 9.80 Å². The fourth-order valence-corrected chi connectivity index (χ4v) is 8.33. The maximum Gasteiger partial charge on any atom is 0.227 e. The third kappa shape index (κ3) is 5.77. The Bertz CT molecular complexity index is 1710. The van der Waals surface area contributed by atoms with Crippen LogP contribution < -0.4 is 0 Å². The number of hydrogen-bond acceptors (Lipinski definition) is 6. The van der Waals surface area contributed by atoms with E-state index in [0.717, 1.165) is 92.8 Å². The lowest BCUT2D eigenvalue weighted by molar-refractivity contribution is -0.131. The van der Waals surface area contributed by atoms with Crippen molar-refractivity contribution in [1.29, 1.82) is 0 Å². The van der Waals surface area contributed by atoms with Crippen molar-refractivity contribution in [2.24, 2.45) is 0 Å². The van der Waals surface area contributed by atoms with E-state index in [1.807, 2.05) is 52.5 Å². The van der Waals surface area contributed by atoms with Crippen LogP contribution in [0.4, 0.5) is 0 Å². The van der Waals surface area contributed by atoms with E-state index in [9.17, 15) is 9.59 Å². The molecule has 2 fully saturated rings. The molecule has 2 aliphatic rings. The van der Waals surface area contributed by atoms with Gasteiger partial charge in [-0.2, -0.15) is 0 Å². The lowest BCUT2D eigenvalue weighted by atomic mass is 10.0. The van der Waals surface area contributed by atoms with E-state index in [0.29, 0.717) is 6.42 Å². The minimum atomic E-state index is 0.0597. The molecule has 2 amide bonds. The maximum absolute atomic E-state index is 13.1. The first-order valence-corrected chi connectivity index (χ1v) is 16.5. The molecule has 2 aliphatic heterocycles. The van der Waals surface area contributed by atoms with Crippen LogP contribution in [-0.2, 0) is 16.0 Å². The van der Waals surface area contributed by atoms with Gasteiger partial charge in [0.15, 0.2) is 0 Å². The number of carbonyl (C=O) groups excluding carboxylic acids is 2. The average Bonchev–Trinajstić information content (AvgIpc) is 3.88. The van der Waals surface area contributed by atoms with Crippen LogP contribution in [0.1, 0.15) is 53.3 Å². The Morgan fingerprint density at radius 1 is 0.721 bits per heavy atom. The smallest absolute Gasteiger partial charge is 0.227 e. The summed E-state index contributed by atoms with van der Waals surface area (Å²) in [6.45, 7) is 1.61. The first-order valence-electron chi connectivity index (χ1n) is 14.8. The van der Waals surface area contributed by atoms with Gasteiger partial charge in [0.05, 0.1) is 28.3 Å². The summed E-state index contributed by atoms with van der Waals surface area (Å²) in [7, 11) is 0. The first-order chi connectivity index (χ1) is 21.2. The van der Waals surface area contributed by atoms with E-state index >= 15 is 0 Å². The Balaban J connectivity index is 1.02. The number of rotatable bonds is 8. The van der Waals surface area contributed by atoms with Crippen molar-refractivity contribution in [3.63, 3.8) is 0 Å². The molecule has 3 aromatic carbocycles. The van der Waals surface area contributed by atoms with Gasteiger partial charge in [0.2, 0.25) is 12.3 Å². The molecular weight excluding hydrogens is 573 g/mol. The molecule has 0 spiro atoms. The molecule has 4 heterocycles. The van der Waals surface area contributed by atoms with Crippen LogP contribution in [0.15, 0.2) is 91.3 Å². The highest BCUT2D eigenvalue weighted by Crippen LogP contribution is 2.39. The highest BCUT2D eigenvalue weighted by Gasteiger charge is 2.32. The monoisotopic (exact) mass is 604 g/mol. The van der Waals surface area contributed by atoms with Crippen LogP contribution >= 0.6 is 22.7 Å². The quantitative estimate of drug-likeness (QED) is 0.170. The second-order valence-electron chi connectivity index (χ2n) is 11.2. The van der Waals surface area contributed by atoms with Crippen molar-refractivity contribution in [1.82, 2.24) is 19.8 Å². The van der Waals surface area contributed by atoms with E-state index in [4.69, 9.17) is 4.98 Å². The highest BCUT2D eigenvalue weighted by molar-refractivity contribution is 7.15. The zero-order valence-corrected chi connectivity index (χ0v) is 25.4. The van der Waals surface area contributed by atoms with E-state index in [2.05, 4.69) is 53.5 Å². The minimum Gasteiger partial charge on any atom is -0.336 e. The predicted octanol–water partition coefficient (Wildman–Crippen LogP) is 7.80. The van der Waals surface area contributed by atoms with Crippen molar-refractivity contribution in [3.8, 4) is 32.0 Å². The zero-order valence-electron chi connectivity index (χ0n) is 23.8. The second kappa shape index (κ2) is 12.2. The fourth-order valence-electron chi connectivity index (χ4n) is 6.18. The topological polar surface area (TPSA) is 66.4 Å². The number of aromatic nitrogens is 2. The van der Waals surface area contributed by atoms with Gasteiger partial charge in [0.25, 0.3) is 0 Å². The first kappa shape index (κ1) is 27.7. The summed E-state index contributed by atoms with van der Waals surface area (Å²) in [5, 5.41) is 2.04. The molecule has 7 rings (SSSR count). The number of likely N-dealkylation sites (tertiary alicyclic amines) is 2. The summed E-state index contributed by atoms with van der Waals surface area (Å²) in [6.07, 6.45) is 9.25. The third-order valence-electron chi connectivity index (χ3n) is 8.49. The van der Waals surface area contributed by atoms with Crippen molar-refractivity contribution in [2.75, 3.05) is 13.1 Å². The van der Waals surface area contributed by atoms with Gasteiger partial charge in [-0.15, -0.1) is 22.7 Å². The third-order valence-corrected chi connectivity index (χ3v) is 10.8. The van der Waals surface area contributed by atoms with Crippen LogP contribution in [-0.4, -0.2) is 45.2 Å². The molecule has 0 saturated carbocycles. The van der Waals surface area contributed by atoms with Gasteiger partial charge in [-0.25, -0.2) is 9.97 Å². The van der Waals surface area contributed by atoms with Gasteiger partial charge in [-0.1, -0.05) is 78.9 Å². The number of nitrogens with zero attached hydrogens (tertiary/aromatic N) is 4. The molecular formula is C35H32N4O2S2. The molecule has 6 nitrogen and oxygen atoms in total. The molecule has 2 atom stereocenters. The van der Waals surface area contributed by atoms with Crippen LogP contribution in [0.5, 0.6) is 0 Å². The van der Waals surface area contributed by atoms with E-state index in [1.54, 1.807) is 22.7 Å². The fraction of sp³-hybridized carbons (Fsp3) is 0.257. The van der Waals surface area contributed by atoms with E-state index in [1.165, 1.54) is 0 Å². The number of carbonyl (C=O) groups is 2. The number of benzene rings is 3. The maximum atomic E-state index is 13.1. The summed E-state index contributed by atoms with van der Waals surface area (Å²) in [5.41, 5.74) is 5.65. The Kier molecular flexibility index (Phi) is 7.87. The van der Waals surface area contributed by atoms with Crippen molar-refractivity contribution >= 4 is 35.0 Å². The summed E-state index contributed by atoms with van der Waals surface area (Å²) in [5.74, 6) is 0.176. The Morgan fingerprint density at radius 2 is 1.26 bits per heavy atom.